The lowest BCUT2D eigenvalue weighted by molar-refractivity contribution is -0.0492. The zero-order valence-electron chi connectivity index (χ0n) is 44.6. The first-order valence-electron chi connectivity index (χ1n) is 24.2. The van der Waals surface area contributed by atoms with Gasteiger partial charge in [0.05, 0.1) is 37.0 Å². The standard InChI is InChI=1S/C40H50N10O27P6S4/c1-19(86-84-3)21-9-5-7-11-23(21)37(52)71-25-13-29(69-27(25)15-67-79(57,58)75-82(63,64)74-78(54,55)56)49-17-43-31-33(41)45-40(47-34(31)49)73-81(61,62)77-83(65,66)76-80(59,60)68-16-28-26(72-38(53)24-12-8-6-10-22(24)20(2)87-85-4)14-30(70-28)50-18-44-32-35(50)46-39(42)48-36(32)51/h5-12,17-20,25-30H,13-16H2,1-4H3,(H,57,58)(H,59,60)(H,61,62)(H,63,64)(H,65,66)(H2,41,45,47)(H2,54,55,56)(H3,42,46,48,51)/t19?,20?,25?,26?,27-,28-,29-,30-/m1/s1. The van der Waals surface area contributed by atoms with E-state index < -0.39 is 138 Å². The minimum absolute atomic E-state index is 0.0679. The molecule has 0 aliphatic carbocycles. The third kappa shape index (κ3) is 17.9. The minimum atomic E-state index is -6.27. The number of hydrogen-bond donors (Lipinski definition) is 10. The molecule has 8 rings (SSSR count). The molecule has 0 spiro atoms. The van der Waals surface area contributed by atoms with Gasteiger partial charge in [0.15, 0.2) is 28.1 Å². The number of fused-ring (bicyclic) bond motifs is 2. The third-order valence-corrected chi connectivity index (χ3v) is 24.3. The van der Waals surface area contributed by atoms with E-state index in [0.717, 1.165) is 10.9 Å². The summed E-state index contributed by atoms with van der Waals surface area (Å²) in [4.78, 5) is 132. The number of nitrogens with one attached hydrogen (secondary N) is 1. The Labute approximate surface area is 504 Å². The maximum absolute atomic E-state index is 13.8. The molecule has 0 radical (unpaired) electrons. The highest BCUT2D eigenvalue weighted by molar-refractivity contribution is 8.76. The number of rotatable bonds is 28. The van der Waals surface area contributed by atoms with Crippen LogP contribution in [0.5, 0.6) is 6.01 Å². The Morgan fingerprint density at radius 1 is 0.644 bits per heavy atom. The summed E-state index contributed by atoms with van der Waals surface area (Å²) in [5.74, 6) is -2.69. The number of nitrogens with zero attached hydrogens (tertiary/aromatic N) is 7. The highest BCUT2D eigenvalue weighted by Crippen LogP contribution is 2.68. The van der Waals surface area contributed by atoms with Crippen LogP contribution in [-0.4, -0.2) is 135 Å². The van der Waals surface area contributed by atoms with Crippen LogP contribution in [0, 0.1) is 0 Å². The molecule has 47 heteroatoms. The predicted octanol–water partition coefficient (Wildman–Crippen LogP) is 6.37. The van der Waals surface area contributed by atoms with Crippen molar-refractivity contribution in [2.45, 2.75) is 74.1 Å². The Bertz CT molecular complexity index is 3920. The second-order valence-electron chi connectivity index (χ2n) is 17.9. The van der Waals surface area contributed by atoms with Crippen LogP contribution in [-0.2, 0) is 72.6 Å². The van der Waals surface area contributed by atoms with Gasteiger partial charge in [-0.2, -0.15) is 32.2 Å². The van der Waals surface area contributed by atoms with Crippen molar-refractivity contribution in [3.05, 3.63) is 93.8 Å². The van der Waals surface area contributed by atoms with Gasteiger partial charge in [0.1, 0.15) is 36.9 Å². The Morgan fingerprint density at radius 3 is 1.55 bits per heavy atom. The molecule has 4 aromatic heterocycles. The Balaban J connectivity index is 0.976. The molecule has 6 heterocycles. The summed E-state index contributed by atoms with van der Waals surface area (Å²) >= 11 is 0. The van der Waals surface area contributed by atoms with E-state index in [1.165, 1.54) is 66.2 Å². The van der Waals surface area contributed by atoms with E-state index in [0.29, 0.717) is 11.1 Å². The lowest BCUT2D eigenvalue weighted by Crippen LogP contribution is -2.31. The molecule has 9 unspecified atom stereocenters. The van der Waals surface area contributed by atoms with Crippen molar-refractivity contribution in [1.82, 2.24) is 39.0 Å². The fourth-order valence-corrected chi connectivity index (χ4v) is 18.5. The summed E-state index contributed by atoms with van der Waals surface area (Å²) in [5, 5.41) is -0.461. The number of nitrogen functional groups attached to an aromatic ring is 2. The number of carbonyl (C=O) groups excluding carboxylic acids is 2. The zero-order chi connectivity index (χ0) is 63.6. The van der Waals surface area contributed by atoms with Crippen LogP contribution in [0.2, 0.25) is 0 Å². The van der Waals surface area contributed by atoms with Crippen molar-refractivity contribution in [3.63, 3.8) is 0 Å². The van der Waals surface area contributed by atoms with E-state index in [2.05, 4.69) is 47.1 Å². The van der Waals surface area contributed by atoms with Gasteiger partial charge in [0, 0.05) is 23.3 Å². The van der Waals surface area contributed by atoms with Crippen LogP contribution in [0.15, 0.2) is 66.0 Å². The first-order chi connectivity index (χ1) is 40.7. The number of carbonyl (C=O) groups is 2. The van der Waals surface area contributed by atoms with Gasteiger partial charge in [-0.15, -0.1) is 0 Å². The van der Waals surface area contributed by atoms with Crippen molar-refractivity contribution in [3.8, 4) is 6.01 Å². The number of esters is 2. The molecule has 0 amide bonds. The van der Waals surface area contributed by atoms with E-state index in [9.17, 15) is 66.2 Å². The zero-order valence-corrected chi connectivity index (χ0v) is 53.3. The molecular weight excluding hydrogens is 1370 g/mol. The highest BCUT2D eigenvalue weighted by atomic mass is 33.1. The number of phosphoric acid groups is 6. The number of hydrogen-bond acceptors (Lipinski definition) is 31. The topological polar surface area (TPSA) is 539 Å². The van der Waals surface area contributed by atoms with E-state index in [-0.39, 0.29) is 50.7 Å². The molecule has 0 bridgehead atoms. The summed E-state index contributed by atoms with van der Waals surface area (Å²) in [6.45, 7) is 1.48. The van der Waals surface area contributed by atoms with Gasteiger partial charge in [0.2, 0.25) is 5.95 Å². The molecule has 2 aliphatic heterocycles. The summed E-state index contributed by atoms with van der Waals surface area (Å²) in [5.41, 5.74) is 11.6. The van der Waals surface area contributed by atoms with Gasteiger partial charge in [-0.05, 0) is 49.6 Å². The van der Waals surface area contributed by atoms with Crippen molar-refractivity contribution < 1.29 is 121 Å². The molecule has 0 saturated carbocycles. The summed E-state index contributed by atoms with van der Waals surface area (Å²) < 4.78 is 133. The number of aromatic nitrogens is 8. The van der Waals surface area contributed by atoms with Crippen LogP contribution < -0.4 is 21.6 Å². The summed E-state index contributed by atoms with van der Waals surface area (Å²) in [6.07, 6.45) is -3.38. The maximum Gasteiger partial charge on any atom is 0.538 e. The van der Waals surface area contributed by atoms with Crippen LogP contribution in [0.4, 0.5) is 11.8 Å². The Kier molecular flexibility index (Phi) is 21.9. The molecule has 2 saturated heterocycles. The number of aromatic amines is 1. The van der Waals surface area contributed by atoms with Gasteiger partial charge in [0.25, 0.3) is 5.56 Å². The first kappa shape index (κ1) is 68.8. The number of anilines is 2. The lowest BCUT2D eigenvalue weighted by Gasteiger charge is -2.22. The lowest BCUT2D eigenvalue weighted by atomic mass is 10.0. The number of phosphoric ester groups is 3. The smallest absolute Gasteiger partial charge is 0.456 e. The first-order valence-corrected chi connectivity index (χ1v) is 38.5. The molecule has 87 heavy (non-hydrogen) atoms. The van der Waals surface area contributed by atoms with E-state index >= 15 is 0 Å². The fraction of sp³-hybridized carbons (Fsp3) is 0.400. The largest absolute Gasteiger partial charge is 0.538 e. The van der Waals surface area contributed by atoms with Gasteiger partial charge in [-0.25, -0.2) is 46.9 Å². The van der Waals surface area contributed by atoms with Gasteiger partial charge in [-0.1, -0.05) is 79.6 Å². The van der Waals surface area contributed by atoms with Crippen LogP contribution in [0.1, 0.15) is 81.5 Å². The number of imidazole rings is 2. The molecule has 2 aliphatic rings. The molecule has 12 N–H and O–H groups in total. The van der Waals surface area contributed by atoms with Crippen molar-refractivity contribution >= 4 is 136 Å². The number of nitrogens with two attached hydrogens (primary N) is 2. The average Bonchev–Trinajstić information content (AvgIpc) is 1.69. The van der Waals surface area contributed by atoms with Crippen LogP contribution in [0.25, 0.3) is 22.3 Å². The maximum atomic E-state index is 13.8. The number of benzene rings is 2. The summed E-state index contributed by atoms with van der Waals surface area (Å²) in [6, 6.07) is 11.7. The minimum Gasteiger partial charge on any atom is -0.456 e. The van der Waals surface area contributed by atoms with Gasteiger partial charge < -0.3 is 64.3 Å². The SMILES string of the molecule is CSSC(C)c1ccccc1C(=O)OC1C[C@H](n2cnc3c(N)nc(OP(=O)(O)OP(=O)(O)OP(=O)(O)OC[C@H]4O[C@@H](n5cnc6c(=O)[nH]c(N)nc65)CC4OC(=O)c4ccccc4C(C)SSC)nc32)O[C@@H]1COP(=O)(O)OP(=O)(O)OP(=O)(O)O. The van der Waals surface area contributed by atoms with Crippen molar-refractivity contribution in [2.75, 3.05) is 37.2 Å². The number of H-pyrrole nitrogens is 1. The van der Waals surface area contributed by atoms with Crippen LogP contribution in [0.3, 0.4) is 0 Å². The predicted molar refractivity (Wildman–Crippen MR) is 308 cm³/mol. The third-order valence-electron chi connectivity index (χ3n) is 11.9. The molecule has 476 valence electrons. The molecule has 13 atom stereocenters. The second kappa shape index (κ2) is 27.8. The van der Waals surface area contributed by atoms with E-state index in [1.54, 1.807) is 36.4 Å². The fourth-order valence-electron chi connectivity index (χ4n) is 8.54. The monoisotopic (exact) mass is 1420 g/mol. The molecule has 2 aromatic carbocycles. The quantitative estimate of drug-likeness (QED) is 0.0145. The van der Waals surface area contributed by atoms with Crippen molar-refractivity contribution in [2.24, 2.45) is 0 Å². The molecule has 6 aromatic rings. The van der Waals surface area contributed by atoms with E-state index in [4.69, 9.17) is 53.8 Å². The van der Waals surface area contributed by atoms with E-state index in [1.807, 2.05) is 26.4 Å². The molecule has 37 nitrogen and oxygen atoms in total. The summed E-state index contributed by atoms with van der Waals surface area (Å²) in [7, 11) is -30.1. The van der Waals surface area contributed by atoms with Gasteiger partial charge >= 0.3 is 64.9 Å². The van der Waals surface area contributed by atoms with Crippen LogP contribution >= 0.6 is 90.1 Å². The highest BCUT2D eigenvalue weighted by Gasteiger charge is 2.48. The van der Waals surface area contributed by atoms with Gasteiger partial charge in [-0.3, -0.25) is 32.9 Å². The second-order valence-corrected chi connectivity index (χ2v) is 32.5. The average molecular weight is 1420 g/mol. The van der Waals surface area contributed by atoms with Crippen molar-refractivity contribution in [1.29, 1.82) is 0 Å². The molecular formula is C40H50N10O27P6S4. The Hall–Kier alpha value is -4.14. The normalized spacial score (nSPS) is 23.2. The molecule has 2 fully saturated rings. The number of ether oxygens (including phenoxy) is 4. The Morgan fingerprint density at radius 2 is 1.08 bits per heavy atom.